The highest BCUT2D eigenvalue weighted by Gasteiger charge is 2.34. The third kappa shape index (κ3) is 2.68. The quantitative estimate of drug-likeness (QED) is 0.867. The van der Waals surface area contributed by atoms with Gasteiger partial charge in [-0.15, -0.1) is 0 Å². The molecule has 0 aliphatic carbocycles. The lowest BCUT2D eigenvalue weighted by Crippen LogP contribution is -2.52. The van der Waals surface area contributed by atoms with Crippen molar-refractivity contribution in [2.24, 2.45) is 0 Å². The van der Waals surface area contributed by atoms with Crippen LogP contribution in [0.1, 0.15) is 10.4 Å². The third-order valence-electron chi connectivity index (χ3n) is 3.01. The third-order valence-corrected chi connectivity index (χ3v) is 3.01. The first-order valence-corrected chi connectivity index (χ1v) is 5.89. The van der Waals surface area contributed by atoms with Crippen molar-refractivity contribution in [1.82, 2.24) is 4.90 Å². The number of methoxy groups -OCH3 is 1. The number of hydrogen-bond donors (Lipinski definition) is 1. The summed E-state index contributed by atoms with van der Waals surface area (Å²) in [5.41, 5.74) is 0.359. The SMILES string of the molecule is COc1ccccc1C(=O)N1CCOC[C@@H]1C(=O)O. The molecule has 6 heteroatoms. The van der Waals surface area contributed by atoms with Gasteiger partial charge in [0.2, 0.25) is 0 Å². The monoisotopic (exact) mass is 265 g/mol. The Hall–Kier alpha value is -2.08. The fraction of sp³-hybridized carbons (Fsp3) is 0.385. The molecule has 1 aromatic carbocycles. The minimum Gasteiger partial charge on any atom is -0.496 e. The zero-order chi connectivity index (χ0) is 13.8. The molecule has 1 saturated heterocycles. The highest BCUT2D eigenvalue weighted by Crippen LogP contribution is 2.21. The minimum atomic E-state index is -1.07. The van der Waals surface area contributed by atoms with Gasteiger partial charge in [0.05, 0.1) is 25.9 Å². The van der Waals surface area contributed by atoms with E-state index in [4.69, 9.17) is 14.6 Å². The van der Waals surface area contributed by atoms with E-state index in [2.05, 4.69) is 0 Å². The number of carboxylic acids is 1. The van der Waals surface area contributed by atoms with E-state index in [1.807, 2.05) is 0 Å². The highest BCUT2D eigenvalue weighted by molar-refractivity contribution is 5.99. The number of benzene rings is 1. The van der Waals surface area contributed by atoms with Crippen molar-refractivity contribution in [2.75, 3.05) is 26.9 Å². The molecule has 0 saturated carbocycles. The molecule has 1 atom stereocenters. The van der Waals surface area contributed by atoms with Gasteiger partial charge in [0.25, 0.3) is 5.91 Å². The fourth-order valence-electron chi connectivity index (χ4n) is 2.03. The van der Waals surface area contributed by atoms with E-state index in [0.29, 0.717) is 17.9 Å². The molecule has 1 heterocycles. The van der Waals surface area contributed by atoms with Crippen LogP contribution in [-0.4, -0.2) is 54.8 Å². The van der Waals surface area contributed by atoms with Crippen LogP contribution in [0.2, 0.25) is 0 Å². The summed E-state index contributed by atoms with van der Waals surface area (Å²) in [6, 6.07) is 5.81. The number of hydrogen-bond acceptors (Lipinski definition) is 4. The van der Waals surface area contributed by atoms with E-state index >= 15 is 0 Å². The number of morpholine rings is 1. The second kappa shape index (κ2) is 5.71. The first-order valence-electron chi connectivity index (χ1n) is 5.89. The van der Waals surface area contributed by atoms with Crippen molar-refractivity contribution in [3.05, 3.63) is 29.8 Å². The van der Waals surface area contributed by atoms with Crippen LogP contribution in [0.3, 0.4) is 0 Å². The largest absolute Gasteiger partial charge is 0.496 e. The second-order valence-electron chi connectivity index (χ2n) is 4.13. The smallest absolute Gasteiger partial charge is 0.328 e. The minimum absolute atomic E-state index is 0.0101. The number of aliphatic carboxylic acids is 1. The number of carbonyl (C=O) groups excluding carboxylic acids is 1. The van der Waals surface area contributed by atoms with Crippen molar-refractivity contribution in [2.45, 2.75) is 6.04 Å². The Bertz CT molecular complexity index is 488. The molecular formula is C13H15NO5. The van der Waals surface area contributed by atoms with E-state index < -0.39 is 12.0 Å². The van der Waals surface area contributed by atoms with Crippen LogP contribution < -0.4 is 4.74 Å². The van der Waals surface area contributed by atoms with E-state index in [0.717, 1.165) is 0 Å². The average molecular weight is 265 g/mol. The maximum absolute atomic E-state index is 12.4. The van der Waals surface area contributed by atoms with E-state index in [1.54, 1.807) is 24.3 Å². The predicted molar refractivity (Wildman–Crippen MR) is 66.3 cm³/mol. The topological polar surface area (TPSA) is 76.1 Å². The standard InChI is InChI=1S/C13H15NO5/c1-18-11-5-3-2-4-9(11)12(15)14-6-7-19-8-10(14)13(16)17/h2-5,10H,6-8H2,1H3,(H,16,17)/t10-/m1/s1. The summed E-state index contributed by atoms with van der Waals surface area (Å²) in [5.74, 6) is -0.987. The first-order chi connectivity index (χ1) is 9.15. The number of carboxylic acid groups (broad SMARTS) is 1. The van der Waals surface area contributed by atoms with Crippen LogP contribution >= 0.6 is 0 Å². The molecule has 1 N–H and O–H groups in total. The van der Waals surface area contributed by atoms with Gasteiger partial charge < -0.3 is 19.5 Å². The zero-order valence-corrected chi connectivity index (χ0v) is 10.5. The summed E-state index contributed by atoms with van der Waals surface area (Å²) in [6.07, 6.45) is 0. The van der Waals surface area contributed by atoms with Crippen LogP contribution in [0.4, 0.5) is 0 Å². The summed E-state index contributed by atoms with van der Waals surface area (Å²) >= 11 is 0. The number of carbonyl (C=O) groups is 2. The Kier molecular flexibility index (Phi) is 4.01. The Morgan fingerprint density at radius 2 is 2.16 bits per heavy atom. The molecule has 1 amide bonds. The van der Waals surface area contributed by atoms with Gasteiger partial charge in [0.1, 0.15) is 5.75 Å². The molecule has 6 nitrogen and oxygen atoms in total. The van der Waals surface area contributed by atoms with Gasteiger partial charge in [0.15, 0.2) is 6.04 Å². The molecule has 0 spiro atoms. The van der Waals surface area contributed by atoms with Crippen LogP contribution in [0.25, 0.3) is 0 Å². The summed E-state index contributed by atoms with van der Waals surface area (Å²) in [7, 11) is 1.47. The van der Waals surface area contributed by atoms with Gasteiger partial charge in [-0.1, -0.05) is 12.1 Å². The Morgan fingerprint density at radius 1 is 1.42 bits per heavy atom. The van der Waals surface area contributed by atoms with Crippen molar-refractivity contribution in [3.63, 3.8) is 0 Å². The van der Waals surface area contributed by atoms with Gasteiger partial charge >= 0.3 is 5.97 Å². The molecule has 0 unspecified atom stereocenters. The van der Waals surface area contributed by atoms with E-state index in [9.17, 15) is 9.59 Å². The van der Waals surface area contributed by atoms with Crippen LogP contribution in [0.5, 0.6) is 5.75 Å². The molecule has 0 radical (unpaired) electrons. The lowest BCUT2D eigenvalue weighted by molar-refractivity contribution is -0.147. The normalized spacial score (nSPS) is 19.0. The maximum Gasteiger partial charge on any atom is 0.328 e. The molecule has 1 aliphatic rings. The fourth-order valence-corrected chi connectivity index (χ4v) is 2.03. The molecule has 1 aromatic rings. The second-order valence-corrected chi connectivity index (χ2v) is 4.13. The maximum atomic E-state index is 12.4. The van der Waals surface area contributed by atoms with E-state index in [1.165, 1.54) is 12.0 Å². The number of rotatable bonds is 3. The molecule has 1 fully saturated rings. The molecule has 0 aromatic heterocycles. The molecule has 2 rings (SSSR count). The molecule has 19 heavy (non-hydrogen) atoms. The number of para-hydroxylation sites is 1. The van der Waals surface area contributed by atoms with E-state index in [-0.39, 0.29) is 19.1 Å². The Morgan fingerprint density at radius 3 is 2.84 bits per heavy atom. The average Bonchev–Trinajstić information content (AvgIpc) is 2.46. The molecule has 1 aliphatic heterocycles. The van der Waals surface area contributed by atoms with Gasteiger partial charge in [0, 0.05) is 6.54 Å². The van der Waals surface area contributed by atoms with Gasteiger partial charge in [-0.2, -0.15) is 0 Å². The molecular weight excluding hydrogens is 250 g/mol. The Balaban J connectivity index is 2.29. The zero-order valence-electron chi connectivity index (χ0n) is 10.5. The Labute approximate surface area is 110 Å². The number of amides is 1. The van der Waals surface area contributed by atoms with Crippen molar-refractivity contribution in [1.29, 1.82) is 0 Å². The first kappa shape index (κ1) is 13.4. The summed E-state index contributed by atoms with van der Waals surface area (Å²) < 4.78 is 10.2. The predicted octanol–water partition coefficient (Wildman–Crippen LogP) is 0.621. The number of ether oxygens (including phenoxy) is 2. The number of nitrogens with zero attached hydrogens (tertiary/aromatic N) is 1. The van der Waals surface area contributed by atoms with Crippen LogP contribution in [0, 0.1) is 0 Å². The van der Waals surface area contributed by atoms with Crippen LogP contribution in [-0.2, 0) is 9.53 Å². The summed E-state index contributed by atoms with van der Waals surface area (Å²) in [6.45, 7) is 0.606. The van der Waals surface area contributed by atoms with Crippen LogP contribution in [0.15, 0.2) is 24.3 Å². The lowest BCUT2D eigenvalue weighted by atomic mass is 10.1. The summed E-state index contributed by atoms with van der Waals surface area (Å²) in [4.78, 5) is 24.9. The summed E-state index contributed by atoms with van der Waals surface area (Å²) in [5, 5.41) is 9.13. The van der Waals surface area contributed by atoms with Gasteiger partial charge in [-0.25, -0.2) is 4.79 Å². The van der Waals surface area contributed by atoms with Gasteiger partial charge in [-0.3, -0.25) is 4.79 Å². The molecule has 102 valence electrons. The van der Waals surface area contributed by atoms with Gasteiger partial charge in [-0.05, 0) is 12.1 Å². The van der Waals surface area contributed by atoms with Crippen molar-refractivity contribution >= 4 is 11.9 Å². The molecule has 0 bridgehead atoms. The van der Waals surface area contributed by atoms with Crippen molar-refractivity contribution in [3.8, 4) is 5.75 Å². The lowest BCUT2D eigenvalue weighted by Gasteiger charge is -2.33. The highest BCUT2D eigenvalue weighted by atomic mass is 16.5. The van der Waals surface area contributed by atoms with Crippen molar-refractivity contribution < 1.29 is 24.2 Å².